The van der Waals surface area contributed by atoms with Gasteiger partial charge in [-0.2, -0.15) is 0 Å². The normalized spacial score (nSPS) is 17.1. The van der Waals surface area contributed by atoms with E-state index in [-0.39, 0.29) is 6.10 Å². The lowest BCUT2D eigenvalue weighted by atomic mass is 10.0. The van der Waals surface area contributed by atoms with Crippen molar-refractivity contribution >= 4 is 37.0 Å². The average Bonchev–Trinajstić information content (AvgIpc) is 3.26. The summed E-state index contributed by atoms with van der Waals surface area (Å²) in [5.41, 5.74) is -0.888. The second-order valence-corrected chi connectivity index (χ2v) is 18.9. The van der Waals surface area contributed by atoms with E-state index in [2.05, 4.69) is 67.2 Å². The predicted octanol–water partition coefficient (Wildman–Crippen LogP) is 7.31. The molecule has 1 aliphatic rings. The Kier molecular flexibility index (Phi) is 9.04. The minimum absolute atomic E-state index is 0.00936. The molecule has 0 heterocycles. The van der Waals surface area contributed by atoms with Gasteiger partial charge in [0, 0.05) is 0 Å². The molecular weight excluding hydrogens is 475 g/mol. The van der Waals surface area contributed by atoms with E-state index in [1.807, 2.05) is 41.5 Å². The highest BCUT2D eigenvalue weighted by molar-refractivity contribution is 8.07. The molecule has 34 heavy (non-hydrogen) atoms. The van der Waals surface area contributed by atoms with Gasteiger partial charge in [-0.3, -0.25) is 0 Å². The van der Waals surface area contributed by atoms with E-state index in [0.717, 1.165) is 6.04 Å². The maximum absolute atomic E-state index is 6.93. The summed E-state index contributed by atoms with van der Waals surface area (Å²) in [6.07, 6.45) is 4.87. The van der Waals surface area contributed by atoms with Gasteiger partial charge >= 0.3 is 6.72 Å². The highest BCUT2D eigenvalue weighted by Crippen LogP contribution is 2.58. The summed E-state index contributed by atoms with van der Waals surface area (Å²) in [5, 5.41) is 2.85. The Labute approximate surface area is 213 Å². The van der Waals surface area contributed by atoms with Gasteiger partial charge in [-0.25, -0.2) is 0 Å². The third-order valence-corrected chi connectivity index (χ3v) is 13.6. The molecule has 0 bridgehead atoms. The van der Waals surface area contributed by atoms with E-state index in [4.69, 9.17) is 25.4 Å². The first kappa shape index (κ1) is 27.8. The Bertz CT molecular complexity index is 888. The van der Waals surface area contributed by atoms with Crippen LogP contribution in [-0.4, -0.2) is 25.4 Å². The predicted molar refractivity (Wildman–Crippen MR) is 151 cm³/mol. The second-order valence-electron chi connectivity index (χ2n) is 11.8. The van der Waals surface area contributed by atoms with Crippen LogP contribution in [0, 0.1) is 5.92 Å². The molecule has 188 valence electrons. The first-order valence-electron chi connectivity index (χ1n) is 12.6. The summed E-state index contributed by atoms with van der Waals surface area (Å²) >= 11 is 6.09. The molecule has 1 atom stereocenters. The summed E-state index contributed by atoms with van der Waals surface area (Å²) in [7, 11) is -2.11. The standard InChI is InChI=1S/C28H43O3PSSi/c1-27(2,3)30-32(33,31-28(4,5)6)29-26(23-16-14-15-17-23)22-34(7,24-18-10-8-11-19-24)25-20-12-9-13-21-25/h8-13,18-21,23,26H,14-17,22H2,1-7H3/t26-/m1/s1. The van der Waals surface area contributed by atoms with Crippen molar-refractivity contribution in [2.45, 2.75) is 97.1 Å². The lowest BCUT2D eigenvalue weighted by molar-refractivity contribution is 0.00914. The molecule has 1 saturated carbocycles. The van der Waals surface area contributed by atoms with Crippen molar-refractivity contribution in [3.05, 3.63) is 60.7 Å². The summed E-state index contributed by atoms with van der Waals surface area (Å²) < 4.78 is 19.8. The SMILES string of the molecule is CC(C)(C)OP(=S)(O[C@H](C[Si](C)(c1ccccc1)c1ccccc1)C1CCCC1)OC(C)(C)C. The second kappa shape index (κ2) is 11.1. The minimum atomic E-state index is -2.98. The first-order chi connectivity index (χ1) is 15.8. The molecule has 0 N–H and O–H groups in total. The molecule has 1 aliphatic carbocycles. The third-order valence-electron chi connectivity index (χ3n) is 6.39. The van der Waals surface area contributed by atoms with Crippen molar-refractivity contribution in [2.24, 2.45) is 5.92 Å². The average molecular weight is 519 g/mol. The quantitative estimate of drug-likeness (QED) is 0.257. The Morgan fingerprint density at radius 2 is 1.24 bits per heavy atom. The van der Waals surface area contributed by atoms with Crippen molar-refractivity contribution in [3.8, 4) is 0 Å². The van der Waals surface area contributed by atoms with E-state index < -0.39 is 26.0 Å². The third kappa shape index (κ3) is 7.85. The molecule has 0 spiro atoms. The van der Waals surface area contributed by atoms with Crippen LogP contribution in [0.2, 0.25) is 12.6 Å². The van der Waals surface area contributed by atoms with Gasteiger partial charge in [0.2, 0.25) is 0 Å². The van der Waals surface area contributed by atoms with Gasteiger partial charge in [-0.05, 0) is 78.2 Å². The van der Waals surface area contributed by atoms with E-state index >= 15 is 0 Å². The van der Waals surface area contributed by atoms with Crippen molar-refractivity contribution in [3.63, 3.8) is 0 Å². The zero-order valence-electron chi connectivity index (χ0n) is 22.0. The minimum Gasteiger partial charge on any atom is -0.305 e. The van der Waals surface area contributed by atoms with Crippen LogP contribution in [0.25, 0.3) is 0 Å². The number of benzene rings is 2. The lowest BCUT2D eigenvalue weighted by Crippen LogP contribution is -2.58. The summed E-state index contributed by atoms with van der Waals surface area (Å²) in [6, 6.07) is 23.0. The Morgan fingerprint density at radius 3 is 1.62 bits per heavy atom. The van der Waals surface area contributed by atoms with Gasteiger partial charge in [0.25, 0.3) is 0 Å². The van der Waals surface area contributed by atoms with Gasteiger partial charge in [0.15, 0.2) is 0 Å². The Hall–Kier alpha value is -0.813. The monoisotopic (exact) mass is 518 g/mol. The van der Waals surface area contributed by atoms with Crippen LogP contribution in [0.5, 0.6) is 0 Å². The van der Waals surface area contributed by atoms with E-state index in [0.29, 0.717) is 5.92 Å². The van der Waals surface area contributed by atoms with Crippen LogP contribution >= 0.6 is 6.72 Å². The molecule has 2 aromatic carbocycles. The molecule has 3 rings (SSSR count). The van der Waals surface area contributed by atoms with Crippen molar-refractivity contribution < 1.29 is 13.6 Å². The number of rotatable bonds is 9. The zero-order chi connectivity index (χ0) is 25.0. The fourth-order valence-corrected chi connectivity index (χ4v) is 12.7. The highest BCUT2D eigenvalue weighted by atomic mass is 32.5. The summed E-state index contributed by atoms with van der Waals surface area (Å²) in [4.78, 5) is 0. The molecule has 2 aromatic rings. The molecule has 1 fully saturated rings. The molecule has 0 radical (unpaired) electrons. The van der Waals surface area contributed by atoms with Gasteiger partial charge in [0.1, 0.15) is 8.07 Å². The van der Waals surface area contributed by atoms with E-state index in [1.54, 1.807) is 0 Å². The van der Waals surface area contributed by atoms with E-state index in [1.165, 1.54) is 36.1 Å². The fourth-order valence-electron chi connectivity index (χ4n) is 4.93. The van der Waals surface area contributed by atoms with Crippen molar-refractivity contribution in [1.82, 2.24) is 0 Å². The van der Waals surface area contributed by atoms with Crippen LogP contribution in [-0.2, 0) is 25.4 Å². The Balaban J connectivity index is 2.02. The summed E-state index contributed by atoms with van der Waals surface area (Å²) in [5.74, 6) is 0.480. The highest BCUT2D eigenvalue weighted by Gasteiger charge is 2.43. The topological polar surface area (TPSA) is 27.7 Å². The lowest BCUT2D eigenvalue weighted by Gasteiger charge is -2.40. The molecule has 0 aliphatic heterocycles. The molecule has 0 aromatic heterocycles. The van der Waals surface area contributed by atoms with Crippen LogP contribution in [0.4, 0.5) is 0 Å². The molecule has 0 amide bonds. The molecule has 3 nitrogen and oxygen atoms in total. The van der Waals surface area contributed by atoms with E-state index in [9.17, 15) is 0 Å². The van der Waals surface area contributed by atoms with Crippen LogP contribution in [0.15, 0.2) is 60.7 Å². The maximum atomic E-state index is 6.93. The first-order valence-corrected chi connectivity index (χ1v) is 17.9. The smallest absolute Gasteiger partial charge is 0.305 e. The van der Waals surface area contributed by atoms with Crippen LogP contribution < -0.4 is 10.4 Å². The van der Waals surface area contributed by atoms with Crippen LogP contribution in [0.1, 0.15) is 67.2 Å². The van der Waals surface area contributed by atoms with Gasteiger partial charge in [-0.15, -0.1) is 0 Å². The molecule has 6 heteroatoms. The molecule has 0 unspecified atom stereocenters. The summed E-state index contributed by atoms with van der Waals surface area (Å²) in [6.45, 7) is 11.7. The van der Waals surface area contributed by atoms with Gasteiger partial charge in [0.05, 0.1) is 17.3 Å². The largest absolute Gasteiger partial charge is 0.328 e. The van der Waals surface area contributed by atoms with Gasteiger partial charge < -0.3 is 13.6 Å². The maximum Gasteiger partial charge on any atom is 0.328 e. The number of hydrogen-bond acceptors (Lipinski definition) is 4. The van der Waals surface area contributed by atoms with Crippen molar-refractivity contribution in [2.75, 3.05) is 0 Å². The number of hydrogen-bond donors (Lipinski definition) is 0. The molecular formula is C28H43O3PSSi. The molecule has 0 saturated heterocycles. The van der Waals surface area contributed by atoms with Gasteiger partial charge in [-0.1, -0.05) is 90.4 Å². The zero-order valence-corrected chi connectivity index (χ0v) is 24.8. The Morgan fingerprint density at radius 1 is 0.824 bits per heavy atom. The van der Waals surface area contributed by atoms with Crippen LogP contribution in [0.3, 0.4) is 0 Å². The van der Waals surface area contributed by atoms with Crippen molar-refractivity contribution in [1.29, 1.82) is 0 Å². The fraction of sp³-hybridized carbons (Fsp3) is 0.571.